The average molecular weight is 276 g/mol. The van der Waals surface area contributed by atoms with E-state index in [-0.39, 0.29) is 5.97 Å². The summed E-state index contributed by atoms with van der Waals surface area (Å²) in [5, 5.41) is 0. The van der Waals surface area contributed by atoms with E-state index in [4.69, 9.17) is 10.5 Å². The van der Waals surface area contributed by atoms with Gasteiger partial charge in [-0.3, -0.25) is 0 Å². The van der Waals surface area contributed by atoms with E-state index in [0.29, 0.717) is 6.42 Å². The highest BCUT2D eigenvalue weighted by Crippen LogP contribution is 2.30. The summed E-state index contributed by atoms with van der Waals surface area (Å²) in [5.41, 5.74) is 6.12. The number of rotatable bonds is 7. The van der Waals surface area contributed by atoms with Crippen LogP contribution in [0.3, 0.4) is 0 Å². The van der Waals surface area contributed by atoms with Crippen molar-refractivity contribution in [3.8, 4) is 0 Å². The Morgan fingerprint density at radius 2 is 2.05 bits per heavy atom. The first-order chi connectivity index (χ1) is 9.56. The standard InChI is InChI=1S/C16H24N2O2/c1-18(12-13-8-9-13)11-10-16(17,15(19)20-2)14-6-4-3-5-7-14/h3-7,13H,8-12,17H2,1-2H3. The summed E-state index contributed by atoms with van der Waals surface area (Å²) in [7, 11) is 3.47. The number of carbonyl (C=O) groups is 1. The van der Waals surface area contributed by atoms with E-state index in [1.807, 2.05) is 30.3 Å². The van der Waals surface area contributed by atoms with Crippen LogP contribution >= 0.6 is 0 Å². The molecule has 20 heavy (non-hydrogen) atoms. The number of hydrogen-bond acceptors (Lipinski definition) is 4. The van der Waals surface area contributed by atoms with Crippen LogP contribution in [0, 0.1) is 5.92 Å². The van der Waals surface area contributed by atoms with E-state index in [1.54, 1.807) is 0 Å². The van der Waals surface area contributed by atoms with E-state index in [9.17, 15) is 4.79 Å². The molecule has 4 nitrogen and oxygen atoms in total. The van der Waals surface area contributed by atoms with E-state index < -0.39 is 5.54 Å². The molecule has 0 bridgehead atoms. The van der Waals surface area contributed by atoms with Crippen molar-refractivity contribution < 1.29 is 9.53 Å². The molecule has 1 aliphatic carbocycles. The van der Waals surface area contributed by atoms with Gasteiger partial charge >= 0.3 is 5.97 Å². The molecule has 0 saturated heterocycles. The maximum Gasteiger partial charge on any atom is 0.330 e. The maximum atomic E-state index is 12.1. The third-order valence-corrected chi connectivity index (χ3v) is 3.99. The Labute approximate surface area is 120 Å². The predicted molar refractivity (Wildman–Crippen MR) is 79.2 cm³/mol. The fourth-order valence-electron chi connectivity index (χ4n) is 2.48. The van der Waals surface area contributed by atoms with Crippen LogP contribution in [0.5, 0.6) is 0 Å². The Hall–Kier alpha value is -1.39. The lowest BCUT2D eigenvalue weighted by atomic mass is 9.87. The molecule has 0 aromatic heterocycles. The number of nitrogens with two attached hydrogens (primary N) is 1. The molecule has 1 aromatic rings. The first-order valence-electron chi connectivity index (χ1n) is 7.17. The zero-order valence-electron chi connectivity index (χ0n) is 12.3. The average Bonchev–Trinajstić information content (AvgIpc) is 3.28. The number of ether oxygens (including phenoxy) is 1. The van der Waals surface area contributed by atoms with Crippen molar-refractivity contribution in [3.05, 3.63) is 35.9 Å². The Morgan fingerprint density at radius 3 is 2.60 bits per heavy atom. The second-order valence-corrected chi connectivity index (χ2v) is 5.78. The zero-order valence-corrected chi connectivity index (χ0v) is 12.3. The van der Waals surface area contributed by atoms with Gasteiger partial charge in [0.05, 0.1) is 7.11 Å². The molecule has 110 valence electrons. The minimum Gasteiger partial charge on any atom is -0.467 e. The van der Waals surface area contributed by atoms with Gasteiger partial charge in [0.15, 0.2) is 0 Å². The van der Waals surface area contributed by atoms with Crippen molar-refractivity contribution in [2.24, 2.45) is 11.7 Å². The van der Waals surface area contributed by atoms with Crippen LogP contribution in [0.1, 0.15) is 24.8 Å². The van der Waals surface area contributed by atoms with Crippen molar-refractivity contribution in [3.63, 3.8) is 0 Å². The smallest absolute Gasteiger partial charge is 0.330 e. The molecule has 1 aliphatic rings. The minimum atomic E-state index is -1.06. The highest BCUT2D eigenvalue weighted by atomic mass is 16.5. The molecule has 0 radical (unpaired) electrons. The lowest BCUT2D eigenvalue weighted by Crippen LogP contribution is -2.47. The molecular formula is C16H24N2O2. The lowest BCUT2D eigenvalue weighted by Gasteiger charge is -2.29. The summed E-state index contributed by atoms with van der Waals surface area (Å²) < 4.78 is 4.91. The Balaban J connectivity index is 2.04. The third-order valence-electron chi connectivity index (χ3n) is 3.99. The van der Waals surface area contributed by atoms with Crippen LogP contribution in [0.4, 0.5) is 0 Å². The van der Waals surface area contributed by atoms with Crippen molar-refractivity contribution in [1.82, 2.24) is 4.90 Å². The SMILES string of the molecule is COC(=O)C(N)(CCN(C)CC1CC1)c1ccccc1. The number of carbonyl (C=O) groups excluding carboxylic acids is 1. The number of nitrogens with zero attached hydrogens (tertiary/aromatic N) is 1. The fraction of sp³-hybridized carbons (Fsp3) is 0.562. The summed E-state index contributed by atoms with van der Waals surface area (Å²) in [6, 6.07) is 9.48. The van der Waals surface area contributed by atoms with Crippen LogP contribution in [0.25, 0.3) is 0 Å². The molecule has 1 aromatic carbocycles. The monoisotopic (exact) mass is 276 g/mol. The van der Waals surface area contributed by atoms with Crippen molar-refractivity contribution >= 4 is 5.97 Å². The van der Waals surface area contributed by atoms with Crippen LogP contribution in [0.2, 0.25) is 0 Å². The maximum absolute atomic E-state index is 12.1. The van der Waals surface area contributed by atoms with Gasteiger partial charge in [-0.1, -0.05) is 30.3 Å². The van der Waals surface area contributed by atoms with Crippen LogP contribution in [-0.2, 0) is 15.1 Å². The van der Waals surface area contributed by atoms with Gasteiger partial charge in [0, 0.05) is 13.1 Å². The second kappa shape index (κ2) is 6.37. The molecular weight excluding hydrogens is 252 g/mol. The molecule has 1 saturated carbocycles. The van der Waals surface area contributed by atoms with E-state index >= 15 is 0 Å². The molecule has 1 fully saturated rings. The molecule has 2 N–H and O–H groups in total. The van der Waals surface area contributed by atoms with Gasteiger partial charge in [0.1, 0.15) is 5.54 Å². The number of methoxy groups -OCH3 is 1. The van der Waals surface area contributed by atoms with Crippen molar-refractivity contribution in [2.45, 2.75) is 24.8 Å². The molecule has 1 atom stereocenters. The Bertz CT molecular complexity index is 445. The van der Waals surface area contributed by atoms with Gasteiger partial charge in [-0.25, -0.2) is 4.79 Å². The summed E-state index contributed by atoms with van der Waals surface area (Å²) >= 11 is 0. The minimum absolute atomic E-state index is 0.372. The summed E-state index contributed by atoms with van der Waals surface area (Å²) in [5.74, 6) is 0.463. The molecule has 1 unspecified atom stereocenters. The number of hydrogen-bond donors (Lipinski definition) is 1. The summed E-state index contributed by atoms with van der Waals surface area (Å²) in [6.45, 7) is 1.88. The van der Waals surface area contributed by atoms with Crippen LogP contribution in [-0.4, -0.2) is 38.1 Å². The van der Waals surface area contributed by atoms with E-state index in [2.05, 4.69) is 11.9 Å². The quantitative estimate of drug-likeness (QED) is 0.771. The Kier molecular flexibility index (Phi) is 4.78. The van der Waals surface area contributed by atoms with Gasteiger partial charge in [-0.15, -0.1) is 0 Å². The van der Waals surface area contributed by atoms with Crippen molar-refractivity contribution in [1.29, 1.82) is 0 Å². The lowest BCUT2D eigenvalue weighted by molar-refractivity contribution is -0.148. The van der Waals surface area contributed by atoms with Gasteiger partial charge in [-0.2, -0.15) is 0 Å². The highest BCUT2D eigenvalue weighted by molar-refractivity contribution is 5.82. The third kappa shape index (κ3) is 3.58. The summed E-state index contributed by atoms with van der Waals surface area (Å²) in [6.07, 6.45) is 3.22. The molecule has 2 rings (SSSR count). The predicted octanol–water partition coefficient (Wildman–Crippen LogP) is 1.75. The van der Waals surface area contributed by atoms with E-state index in [0.717, 1.165) is 24.6 Å². The topological polar surface area (TPSA) is 55.6 Å². The van der Waals surface area contributed by atoms with Crippen LogP contribution in [0.15, 0.2) is 30.3 Å². The molecule has 0 aliphatic heterocycles. The number of benzene rings is 1. The van der Waals surface area contributed by atoms with Crippen molar-refractivity contribution in [2.75, 3.05) is 27.2 Å². The second-order valence-electron chi connectivity index (χ2n) is 5.78. The van der Waals surface area contributed by atoms with Gasteiger partial charge < -0.3 is 15.4 Å². The molecule has 0 spiro atoms. The fourth-order valence-corrected chi connectivity index (χ4v) is 2.48. The first kappa shape index (κ1) is 15.0. The van der Waals surface area contributed by atoms with Gasteiger partial charge in [0.2, 0.25) is 0 Å². The molecule has 0 heterocycles. The largest absolute Gasteiger partial charge is 0.467 e. The van der Waals surface area contributed by atoms with E-state index in [1.165, 1.54) is 20.0 Å². The first-order valence-corrected chi connectivity index (χ1v) is 7.17. The molecule has 4 heteroatoms. The normalized spacial score (nSPS) is 17.8. The molecule has 0 amide bonds. The Morgan fingerprint density at radius 1 is 1.40 bits per heavy atom. The van der Waals surface area contributed by atoms with Gasteiger partial charge in [-0.05, 0) is 37.8 Å². The number of esters is 1. The zero-order chi connectivity index (χ0) is 14.6. The highest BCUT2D eigenvalue weighted by Gasteiger charge is 2.37. The van der Waals surface area contributed by atoms with Crippen LogP contribution < -0.4 is 5.73 Å². The summed E-state index contributed by atoms with van der Waals surface area (Å²) in [4.78, 5) is 14.4. The van der Waals surface area contributed by atoms with Gasteiger partial charge in [0.25, 0.3) is 0 Å².